The molecule has 6 nitrogen and oxygen atoms in total. The highest BCUT2D eigenvalue weighted by atomic mass is 16.5. The molecule has 0 bridgehead atoms. The van der Waals surface area contributed by atoms with E-state index in [9.17, 15) is 4.79 Å². The molecular weight excluding hydrogens is 400 g/mol. The van der Waals surface area contributed by atoms with Crippen molar-refractivity contribution < 1.29 is 9.53 Å². The van der Waals surface area contributed by atoms with E-state index in [0.717, 1.165) is 22.5 Å². The summed E-state index contributed by atoms with van der Waals surface area (Å²) < 4.78 is 7.34. The van der Waals surface area contributed by atoms with E-state index in [-0.39, 0.29) is 5.91 Å². The summed E-state index contributed by atoms with van der Waals surface area (Å²) in [6.45, 7) is 4.40. The number of hydrazone groups is 1. The summed E-state index contributed by atoms with van der Waals surface area (Å²) >= 11 is 0. The van der Waals surface area contributed by atoms with Crippen molar-refractivity contribution in [2.45, 2.75) is 13.8 Å². The predicted molar refractivity (Wildman–Crippen MR) is 126 cm³/mol. The molecule has 4 rings (SSSR count). The highest BCUT2D eigenvalue weighted by Gasteiger charge is 2.13. The average Bonchev–Trinajstić information content (AvgIpc) is 3.25. The highest BCUT2D eigenvalue weighted by Crippen LogP contribution is 2.23. The van der Waals surface area contributed by atoms with E-state index in [1.807, 2.05) is 85.4 Å². The first-order valence-electron chi connectivity index (χ1n) is 10.4. The van der Waals surface area contributed by atoms with Gasteiger partial charge in [-0.15, -0.1) is 0 Å². The summed E-state index contributed by atoms with van der Waals surface area (Å²) in [4.78, 5) is 12.6. The molecule has 0 aliphatic carbocycles. The van der Waals surface area contributed by atoms with E-state index in [1.165, 1.54) is 5.56 Å². The molecule has 0 aliphatic rings. The lowest BCUT2D eigenvalue weighted by molar-refractivity contribution is 0.0951. The molecule has 0 atom stereocenters. The second kappa shape index (κ2) is 9.75. The summed E-state index contributed by atoms with van der Waals surface area (Å²) in [5, 5.41) is 8.96. The van der Waals surface area contributed by atoms with Crippen LogP contribution in [0.25, 0.3) is 16.9 Å². The molecule has 0 fully saturated rings. The van der Waals surface area contributed by atoms with Crippen molar-refractivity contribution >= 4 is 12.1 Å². The summed E-state index contributed by atoms with van der Waals surface area (Å²) in [6, 6.07) is 25.1. The van der Waals surface area contributed by atoms with Crippen molar-refractivity contribution in [1.29, 1.82) is 0 Å². The second-order valence-electron chi connectivity index (χ2n) is 7.21. The minimum atomic E-state index is -0.336. The first kappa shape index (κ1) is 21.1. The largest absolute Gasteiger partial charge is 0.493 e. The van der Waals surface area contributed by atoms with Gasteiger partial charge in [0.05, 0.1) is 24.1 Å². The van der Waals surface area contributed by atoms with Crippen LogP contribution in [0.2, 0.25) is 0 Å². The van der Waals surface area contributed by atoms with E-state index in [2.05, 4.69) is 10.5 Å². The molecule has 0 spiro atoms. The van der Waals surface area contributed by atoms with Crippen LogP contribution in [0.1, 0.15) is 28.4 Å². The molecule has 160 valence electrons. The van der Waals surface area contributed by atoms with Crippen LogP contribution < -0.4 is 10.2 Å². The maximum atomic E-state index is 12.6. The number of para-hydroxylation sites is 2. The number of amides is 1. The Labute approximate surface area is 187 Å². The van der Waals surface area contributed by atoms with Crippen molar-refractivity contribution in [3.63, 3.8) is 0 Å². The smallest absolute Gasteiger partial charge is 0.275 e. The third-order valence-corrected chi connectivity index (χ3v) is 4.89. The number of nitrogens with one attached hydrogen (secondary N) is 1. The van der Waals surface area contributed by atoms with E-state index in [1.54, 1.807) is 24.4 Å². The maximum absolute atomic E-state index is 12.6. The molecule has 1 heterocycles. The Morgan fingerprint density at radius 2 is 1.75 bits per heavy atom. The van der Waals surface area contributed by atoms with Gasteiger partial charge in [0.2, 0.25) is 0 Å². The van der Waals surface area contributed by atoms with Crippen LogP contribution in [0, 0.1) is 6.92 Å². The Balaban J connectivity index is 1.62. The number of benzene rings is 3. The quantitative estimate of drug-likeness (QED) is 0.335. The number of aryl methyl sites for hydroxylation is 1. The Morgan fingerprint density at radius 3 is 2.50 bits per heavy atom. The third kappa shape index (κ3) is 4.75. The van der Waals surface area contributed by atoms with E-state index < -0.39 is 0 Å². The molecule has 0 radical (unpaired) electrons. The molecule has 0 saturated heterocycles. The molecule has 0 unspecified atom stereocenters. The molecule has 0 saturated carbocycles. The standard InChI is InChI=1S/C26H24N4O2/c1-3-32-24-12-8-7-11-23(24)26(31)28-27-17-21-18-30(22-9-5-4-6-10-22)29-25(21)20-15-13-19(2)14-16-20/h4-18H,3H2,1-2H3,(H,28,31)/b27-17-. The number of nitrogens with zero attached hydrogens (tertiary/aromatic N) is 3. The molecule has 1 aromatic heterocycles. The maximum Gasteiger partial charge on any atom is 0.275 e. The number of hydrogen-bond acceptors (Lipinski definition) is 4. The average molecular weight is 425 g/mol. The normalized spacial score (nSPS) is 10.9. The molecule has 1 N–H and O–H groups in total. The molecule has 3 aromatic carbocycles. The van der Waals surface area contributed by atoms with Gasteiger partial charge in [-0.2, -0.15) is 10.2 Å². The van der Waals surface area contributed by atoms with Gasteiger partial charge < -0.3 is 4.74 Å². The summed E-state index contributed by atoms with van der Waals surface area (Å²) in [5.41, 5.74) is 7.68. The second-order valence-corrected chi connectivity index (χ2v) is 7.21. The molecule has 4 aromatic rings. The Morgan fingerprint density at radius 1 is 1.03 bits per heavy atom. The van der Waals surface area contributed by atoms with Gasteiger partial charge in [-0.3, -0.25) is 4.79 Å². The van der Waals surface area contributed by atoms with Crippen molar-refractivity contribution in [2.24, 2.45) is 5.10 Å². The molecular formula is C26H24N4O2. The molecule has 6 heteroatoms. The minimum absolute atomic E-state index is 0.336. The van der Waals surface area contributed by atoms with Gasteiger partial charge in [-0.25, -0.2) is 10.1 Å². The van der Waals surface area contributed by atoms with E-state index in [4.69, 9.17) is 9.84 Å². The number of carbonyl (C=O) groups excluding carboxylic acids is 1. The lowest BCUT2D eigenvalue weighted by Crippen LogP contribution is -2.18. The van der Waals surface area contributed by atoms with Gasteiger partial charge in [0.15, 0.2) is 0 Å². The fourth-order valence-corrected chi connectivity index (χ4v) is 3.29. The lowest BCUT2D eigenvalue weighted by Gasteiger charge is -2.08. The van der Waals surface area contributed by atoms with Gasteiger partial charge in [0.1, 0.15) is 11.4 Å². The summed E-state index contributed by atoms with van der Waals surface area (Å²) in [7, 11) is 0. The Hall–Kier alpha value is -4.19. The van der Waals surface area contributed by atoms with Gasteiger partial charge in [-0.05, 0) is 38.1 Å². The van der Waals surface area contributed by atoms with Crippen molar-refractivity contribution in [3.8, 4) is 22.7 Å². The van der Waals surface area contributed by atoms with E-state index in [0.29, 0.717) is 17.9 Å². The van der Waals surface area contributed by atoms with Gasteiger partial charge >= 0.3 is 0 Å². The first-order chi connectivity index (χ1) is 15.7. The van der Waals surface area contributed by atoms with Gasteiger partial charge in [0, 0.05) is 17.3 Å². The fourth-order valence-electron chi connectivity index (χ4n) is 3.29. The fraction of sp³-hybridized carbons (Fsp3) is 0.115. The zero-order valence-corrected chi connectivity index (χ0v) is 18.0. The zero-order chi connectivity index (χ0) is 22.3. The van der Waals surface area contributed by atoms with Crippen LogP contribution >= 0.6 is 0 Å². The minimum Gasteiger partial charge on any atom is -0.493 e. The van der Waals surface area contributed by atoms with Gasteiger partial charge in [0.25, 0.3) is 5.91 Å². The van der Waals surface area contributed by atoms with Gasteiger partial charge in [-0.1, -0.05) is 60.2 Å². The number of hydrogen-bond donors (Lipinski definition) is 1. The van der Waals surface area contributed by atoms with Crippen LogP contribution in [-0.4, -0.2) is 28.5 Å². The number of rotatable bonds is 7. The van der Waals surface area contributed by atoms with Crippen LogP contribution in [0.3, 0.4) is 0 Å². The number of ether oxygens (including phenoxy) is 1. The highest BCUT2D eigenvalue weighted by molar-refractivity contribution is 5.98. The summed E-state index contributed by atoms with van der Waals surface area (Å²) in [5.74, 6) is 0.192. The predicted octanol–water partition coefficient (Wildman–Crippen LogP) is 5.01. The number of carbonyl (C=O) groups is 1. The third-order valence-electron chi connectivity index (χ3n) is 4.89. The zero-order valence-electron chi connectivity index (χ0n) is 18.0. The van der Waals surface area contributed by atoms with Crippen LogP contribution in [0.15, 0.2) is 90.2 Å². The van der Waals surface area contributed by atoms with Crippen LogP contribution in [0.4, 0.5) is 0 Å². The van der Waals surface area contributed by atoms with Crippen LogP contribution in [0.5, 0.6) is 5.75 Å². The summed E-state index contributed by atoms with van der Waals surface area (Å²) in [6.07, 6.45) is 3.51. The SMILES string of the molecule is CCOc1ccccc1C(=O)N/N=C\c1cn(-c2ccccc2)nc1-c1ccc(C)cc1. The van der Waals surface area contributed by atoms with Crippen molar-refractivity contribution in [1.82, 2.24) is 15.2 Å². The van der Waals surface area contributed by atoms with Crippen molar-refractivity contribution in [2.75, 3.05) is 6.61 Å². The van der Waals surface area contributed by atoms with Crippen molar-refractivity contribution in [3.05, 3.63) is 102 Å². The topological polar surface area (TPSA) is 68.5 Å². The Bertz CT molecular complexity index is 1230. The first-order valence-corrected chi connectivity index (χ1v) is 10.4. The lowest BCUT2D eigenvalue weighted by atomic mass is 10.1. The molecule has 1 amide bonds. The van der Waals surface area contributed by atoms with Crippen LogP contribution in [-0.2, 0) is 0 Å². The molecule has 0 aliphatic heterocycles. The van der Waals surface area contributed by atoms with E-state index >= 15 is 0 Å². The Kier molecular flexibility index (Phi) is 6.41. The monoisotopic (exact) mass is 424 g/mol. The number of aromatic nitrogens is 2. The molecule has 32 heavy (non-hydrogen) atoms.